The maximum atomic E-state index is 11.5. The number of rotatable bonds is 8. The Morgan fingerprint density at radius 1 is 1.30 bits per heavy atom. The lowest BCUT2D eigenvalue weighted by atomic mass is 10.1. The summed E-state index contributed by atoms with van der Waals surface area (Å²) in [5.41, 5.74) is 1.08. The molecule has 4 nitrogen and oxygen atoms in total. The molecule has 1 rings (SSSR count). The maximum absolute atomic E-state index is 11.5. The van der Waals surface area contributed by atoms with Gasteiger partial charge in [-0.2, -0.15) is 11.8 Å². The highest BCUT2D eigenvalue weighted by Crippen LogP contribution is 2.33. The normalized spacial score (nSPS) is 10.2. The largest absolute Gasteiger partial charge is 0.493 e. The number of halogens is 1. The molecule has 0 spiro atoms. The third kappa shape index (κ3) is 5.25. The zero-order chi connectivity index (χ0) is 15.0. The highest BCUT2D eigenvalue weighted by Gasteiger charge is 2.09. The molecule has 0 saturated heterocycles. The minimum Gasteiger partial charge on any atom is -0.493 e. The summed E-state index contributed by atoms with van der Waals surface area (Å²) in [7, 11) is 3.22. The van der Waals surface area contributed by atoms with E-state index < -0.39 is 0 Å². The molecule has 1 aromatic carbocycles. The highest BCUT2D eigenvalue weighted by molar-refractivity contribution is 9.10. The van der Waals surface area contributed by atoms with E-state index in [0.29, 0.717) is 24.5 Å². The van der Waals surface area contributed by atoms with E-state index in [0.717, 1.165) is 22.2 Å². The van der Waals surface area contributed by atoms with Crippen molar-refractivity contribution in [3.8, 4) is 11.5 Å². The smallest absolute Gasteiger partial charge is 0.220 e. The molecule has 0 bridgehead atoms. The molecule has 0 heterocycles. The molecule has 0 unspecified atom stereocenters. The van der Waals surface area contributed by atoms with Gasteiger partial charge in [-0.3, -0.25) is 4.79 Å². The number of nitrogens with one attached hydrogen (secondary N) is 1. The van der Waals surface area contributed by atoms with Crippen LogP contribution in [0.25, 0.3) is 0 Å². The number of ether oxygens (including phenoxy) is 2. The van der Waals surface area contributed by atoms with E-state index in [2.05, 4.69) is 21.2 Å². The van der Waals surface area contributed by atoms with Crippen molar-refractivity contribution in [1.82, 2.24) is 5.32 Å². The van der Waals surface area contributed by atoms with E-state index in [9.17, 15) is 4.79 Å². The Morgan fingerprint density at radius 2 is 1.95 bits per heavy atom. The lowest BCUT2D eigenvalue weighted by molar-refractivity contribution is -0.120. The van der Waals surface area contributed by atoms with E-state index in [4.69, 9.17) is 9.47 Å². The molecule has 0 aliphatic carbocycles. The Hall–Kier alpha value is -0.880. The predicted octanol–water partition coefficient (Wildman–Crippen LogP) is 2.88. The fourth-order valence-corrected chi connectivity index (χ4v) is 2.62. The number of thioether (sulfide) groups is 1. The second-order valence-corrected chi connectivity index (χ2v) is 5.98. The van der Waals surface area contributed by atoms with Crippen LogP contribution in [0, 0.1) is 0 Å². The van der Waals surface area contributed by atoms with Crippen molar-refractivity contribution in [3.05, 3.63) is 22.2 Å². The third-order valence-corrected chi connectivity index (χ3v) is 4.15. The van der Waals surface area contributed by atoms with Crippen LogP contribution >= 0.6 is 27.7 Å². The summed E-state index contributed by atoms with van der Waals surface area (Å²) < 4.78 is 11.5. The summed E-state index contributed by atoms with van der Waals surface area (Å²) in [4.78, 5) is 11.5. The SMILES string of the molecule is COc1cc(Br)c(CCNC(=O)CCSC)cc1OC. The van der Waals surface area contributed by atoms with Gasteiger partial charge in [-0.25, -0.2) is 0 Å². The highest BCUT2D eigenvalue weighted by atomic mass is 79.9. The second kappa shape index (κ2) is 9.13. The van der Waals surface area contributed by atoms with Crippen LogP contribution in [0.4, 0.5) is 0 Å². The van der Waals surface area contributed by atoms with Crippen molar-refractivity contribution in [2.24, 2.45) is 0 Å². The van der Waals surface area contributed by atoms with Crippen molar-refractivity contribution in [1.29, 1.82) is 0 Å². The zero-order valence-electron chi connectivity index (χ0n) is 12.0. The minimum atomic E-state index is 0.0935. The molecule has 1 N–H and O–H groups in total. The van der Waals surface area contributed by atoms with Gasteiger partial charge >= 0.3 is 0 Å². The van der Waals surface area contributed by atoms with Gasteiger partial charge in [-0.1, -0.05) is 15.9 Å². The van der Waals surface area contributed by atoms with Gasteiger partial charge in [0.05, 0.1) is 14.2 Å². The predicted molar refractivity (Wildman–Crippen MR) is 87.0 cm³/mol. The van der Waals surface area contributed by atoms with Crippen molar-refractivity contribution in [3.63, 3.8) is 0 Å². The Labute approximate surface area is 132 Å². The first-order valence-electron chi connectivity index (χ1n) is 6.28. The van der Waals surface area contributed by atoms with Gasteiger partial charge in [0.15, 0.2) is 11.5 Å². The quantitative estimate of drug-likeness (QED) is 0.773. The average molecular weight is 362 g/mol. The van der Waals surface area contributed by atoms with Gasteiger partial charge in [0.2, 0.25) is 5.91 Å². The molecule has 0 fully saturated rings. The molecule has 20 heavy (non-hydrogen) atoms. The van der Waals surface area contributed by atoms with E-state index in [1.165, 1.54) is 0 Å². The topological polar surface area (TPSA) is 47.6 Å². The van der Waals surface area contributed by atoms with Crippen LogP contribution in [-0.2, 0) is 11.2 Å². The van der Waals surface area contributed by atoms with Crippen LogP contribution in [0.1, 0.15) is 12.0 Å². The summed E-state index contributed by atoms with van der Waals surface area (Å²) in [6.45, 7) is 0.612. The monoisotopic (exact) mass is 361 g/mol. The van der Waals surface area contributed by atoms with Crippen molar-refractivity contribution < 1.29 is 14.3 Å². The van der Waals surface area contributed by atoms with E-state index in [1.807, 2.05) is 18.4 Å². The summed E-state index contributed by atoms with van der Waals surface area (Å²) in [6.07, 6.45) is 3.30. The lowest BCUT2D eigenvalue weighted by Crippen LogP contribution is -2.25. The van der Waals surface area contributed by atoms with E-state index in [-0.39, 0.29) is 5.91 Å². The molecule has 0 saturated carbocycles. The molecule has 0 radical (unpaired) electrons. The van der Waals surface area contributed by atoms with Crippen LogP contribution < -0.4 is 14.8 Å². The second-order valence-electron chi connectivity index (χ2n) is 4.14. The Balaban J connectivity index is 2.57. The molecular weight excluding hydrogens is 342 g/mol. The van der Waals surface area contributed by atoms with E-state index in [1.54, 1.807) is 26.0 Å². The molecule has 1 aromatic rings. The number of carbonyl (C=O) groups excluding carboxylic acids is 1. The molecule has 112 valence electrons. The molecule has 0 aliphatic heterocycles. The van der Waals surface area contributed by atoms with Gasteiger partial charge in [-0.05, 0) is 30.4 Å². The first kappa shape index (κ1) is 17.2. The van der Waals surface area contributed by atoms with Crippen LogP contribution in [0.3, 0.4) is 0 Å². The number of hydrogen-bond acceptors (Lipinski definition) is 4. The number of amides is 1. The number of methoxy groups -OCH3 is 2. The van der Waals surface area contributed by atoms with Crippen molar-refractivity contribution >= 4 is 33.6 Å². The van der Waals surface area contributed by atoms with Crippen LogP contribution in [0.15, 0.2) is 16.6 Å². The number of hydrogen-bond donors (Lipinski definition) is 1. The molecule has 6 heteroatoms. The van der Waals surface area contributed by atoms with E-state index >= 15 is 0 Å². The summed E-state index contributed by atoms with van der Waals surface area (Å²) in [5, 5.41) is 2.91. The van der Waals surface area contributed by atoms with Gasteiger partial charge in [-0.15, -0.1) is 0 Å². The van der Waals surface area contributed by atoms with Crippen molar-refractivity contribution in [2.75, 3.05) is 32.8 Å². The molecule has 0 aromatic heterocycles. The van der Waals surface area contributed by atoms with Gasteiger partial charge in [0.25, 0.3) is 0 Å². The third-order valence-electron chi connectivity index (χ3n) is 2.80. The summed E-state index contributed by atoms with van der Waals surface area (Å²) >= 11 is 5.18. The first-order chi connectivity index (χ1) is 9.62. The summed E-state index contributed by atoms with van der Waals surface area (Å²) in [5.74, 6) is 2.33. The maximum Gasteiger partial charge on any atom is 0.220 e. The van der Waals surface area contributed by atoms with Crippen LogP contribution in [0.5, 0.6) is 11.5 Å². The van der Waals surface area contributed by atoms with Crippen LogP contribution in [0.2, 0.25) is 0 Å². The van der Waals surface area contributed by atoms with Crippen LogP contribution in [-0.4, -0.2) is 38.7 Å². The minimum absolute atomic E-state index is 0.0935. The molecule has 0 atom stereocenters. The number of carbonyl (C=O) groups is 1. The Bertz CT molecular complexity index is 454. The molecule has 0 aliphatic rings. The fourth-order valence-electron chi connectivity index (χ4n) is 1.71. The number of benzene rings is 1. The van der Waals surface area contributed by atoms with Crippen molar-refractivity contribution in [2.45, 2.75) is 12.8 Å². The standard InChI is InChI=1S/C14H20BrNO3S/c1-18-12-8-10(11(15)9-13(12)19-2)4-6-16-14(17)5-7-20-3/h8-9H,4-7H2,1-3H3,(H,16,17). The summed E-state index contributed by atoms with van der Waals surface area (Å²) in [6, 6.07) is 3.81. The van der Waals surface area contributed by atoms with Gasteiger partial charge in [0, 0.05) is 23.2 Å². The van der Waals surface area contributed by atoms with Gasteiger partial charge < -0.3 is 14.8 Å². The van der Waals surface area contributed by atoms with Gasteiger partial charge in [0.1, 0.15) is 0 Å². The molecule has 1 amide bonds. The zero-order valence-corrected chi connectivity index (χ0v) is 14.4. The Morgan fingerprint density at radius 3 is 2.55 bits per heavy atom. The average Bonchev–Trinajstić information content (AvgIpc) is 2.46. The molecular formula is C14H20BrNO3S. The first-order valence-corrected chi connectivity index (χ1v) is 8.47. The Kier molecular flexibility index (Phi) is 7.84. The fraction of sp³-hybridized carbons (Fsp3) is 0.500. The lowest BCUT2D eigenvalue weighted by Gasteiger charge is -2.12.